The Morgan fingerprint density at radius 2 is 1.97 bits per heavy atom. The second-order valence-corrected chi connectivity index (χ2v) is 11.6. The van der Waals surface area contributed by atoms with Gasteiger partial charge in [-0.05, 0) is 18.2 Å². The van der Waals surface area contributed by atoms with Gasteiger partial charge in [0.25, 0.3) is 0 Å². The molecule has 2 aromatic rings. The first-order valence-corrected chi connectivity index (χ1v) is 14.0. The number of benzene rings is 2. The van der Waals surface area contributed by atoms with Gasteiger partial charge in [-0.15, -0.1) is 0 Å². The van der Waals surface area contributed by atoms with Gasteiger partial charge in [0.1, 0.15) is 5.75 Å². The number of hydrogen-bond acceptors (Lipinski definition) is 5. The zero-order valence-corrected chi connectivity index (χ0v) is 21.6. The molecule has 1 aliphatic heterocycles. The molecule has 0 bridgehead atoms. The van der Waals surface area contributed by atoms with Gasteiger partial charge in [0.2, 0.25) is 0 Å². The number of aliphatic hydroxyl groups excluding tert-OH is 1. The molecule has 0 aliphatic carbocycles. The molecular weight excluding hydrogens is 551 g/mol. The van der Waals surface area contributed by atoms with Gasteiger partial charge in [0.05, 0.1) is 0 Å². The predicted molar refractivity (Wildman–Crippen MR) is 128 cm³/mol. The van der Waals surface area contributed by atoms with E-state index in [0.29, 0.717) is 6.54 Å². The van der Waals surface area contributed by atoms with Crippen molar-refractivity contribution in [2.75, 3.05) is 12.8 Å². The van der Waals surface area contributed by atoms with Crippen molar-refractivity contribution in [3.8, 4) is 5.75 Å². The normalized spacial score (nSPS) is 18.7. The SMILES string of the molecule is C=C[I-]/C(C)=C(\SC)c1ccc(CNC(=O)[C@@H]2C[C@@H](O)CN2C(=O)c2cccc(O)c2)cc1. The van der Waals surface area contributed by atoms with E-state index in [4.69, 9.17) is 0 Å². The number of thioether (sulfide) groups is 1. The zero-order valence-electron chi connectivity index (χ0n) is 18.6. The molecule has 0 spiro atoms. The molecule has 1 saturated heterocycles. The molecule has 33 heavy (non-hydrogen) atoms. The monoisotopic (exact) mass is 579 g/mol. The second kappa shape index (κ2) is 11.7. The van der Waals surface area contributed by atoms with E-state index in [0.717, 1.165) is 11.1 Å². The van der Waals surface area contributed by atoms with E-state index < -0.39 is 12.1 Å². The zero-order chi connectivity index (χ0) is 24.0. The molecule has 2 atom stereocenters. The van der Waals surface area contributed by atoms with E-state index in [1.54, 1.807) is 23.9 Å². The van der Waals surface area contributed by atoms with Gasteiger partial charge in [-0.3, -0.25) is 4.79 Å². The summed E-state index contributed by atoms with van der Waals surface area (Å²) in [6.07, 6.45) is 1.49. The number of rotatable bonds is 8. The van der Waals surface area contributed by atoms with Gasteiger partial charge < -0.3 is 10.2 Å². The van der Waals surface area contributed by atoms with Gasteiger partial charge in [-0.25, -0.2) is 0 Å². The standard InChI is InChI=1S/C25H28IN2O4S/c1-4-26-16(2)23(33-3)18-10-8-17(9-11-18)14-27-24(31)22-13-21(30)15-28(22)25(32)19-6-5-7-20(29)12-19/h4-12,21-22,29-30H,1,13-15H2,2-3H3,(H,27,31)/q-1/b23-16-/t21-,22+/m1/s1. The molecule has 0 aromatic heterocycles. The van der Waals surface area contributed by atoms with Crippen molar-refractivity contribution in [1.29, 1.82) is 0 Å². The summed E-state index contributed by atoms with van der Waals surface area (Å²) in [6.45, 7) is 6.41. The topological polar surface area (TPSA) is 89.9 Å². The molecule has 0 saturated carbocycles. The van der Waals surface area contributed by atoms with Crippen LogP contribution in [0.2, 0.25) is 0 Å². The number of allylic oxidation sites excluding steroid dienone is 1. The number of phenolic OH excluding ortho intramolecular Hbond substituents is 1. The molecule has 2 aromatic carbocycles. The van der Waals surface area contributed by atoms with Gasteiger partial charge in [-0.2, -0.15) is 0 Å². The summed E-state index contributed by atoms with van der Waals surface area (Å²) < 4.78 is 3.37. The summed E-state index contributed by atoms with van der Waals surface area (Å²) in [7, 11) is 0. The molecule has 176 valence electrons. The van der Waals surface area contributed by atoms with Crippen LogP contribution in [0.1, 0.15) is 34.8 Å². The molecule has 1 fully saturated rings. The van der Waals surface area contributed by atoms with Gasteiger partial charge in [0, 0.05) is 5.56 Å². The third-order valence-corrected chi connectivity index (χ3v) is 8.61. The van der Waals surface area contributed by atoms with Crippen LogP contribution >= 0.6 is 11.8 Å². The van der Waals surface area contributed by atoms with Crippen molar-refractivity contribution < 1.29 is 41.0 Å². The Morgan fingerprint density at radius 3 is 2.61 bits per heavy atom. The van der Waals surface area contributed by atoms with Crippen molar-refractivity contribution >= 4 is 28.5 Å². The quantitative estimate of drug-likeness (QED) is 0.398. The number of nitrogens with zero attached hydrogens (tertiary/aromatic N) is 1. The van der Waals surface area contributed by atoms with Crippen LogP contribution < -0.4 is 26.5 Å². The summed E-state index contributed by atoms with van der Waals surface area (Å²) in [5.74, 6) is -0.715. The van der Waals surface area contributed by atoms with Gasteiger partial charge in [0.15, 0.2) is 0 Å². The van der Waals surface area contributed by atoms with Crippen molar-refractivity contribution in [1.82, 2.24) is 10.2 Å². The number of likely N-dealkylation sites (tertiary alicyclic amines) is 1. The van der Waals surface area contributed by atoms with Gasteiger partial charge >= 0.3 is 159 Å². The Bertz CT molecular complexity index is 1050. The molecular formula is C25H28IN2O4S-. The van der Waals surface area contributed by atoms with E-state index in [1.165, 1.54) is 25.5 Å². The second-order valence-electron chi connectivity index (χ2n) is 7.66. The van der Waals surface area contributed by atoms with Crippen LogP contribution in [0.5, 0.6) is 5.75 Å². The number of carbonyl (C=O) groups is 2. The third kappa shape index (κ3) is 6.39. The number of phenols is 1. The number of β-amino-alcohol motifs (C(OH)–C–C–N with tert-alkyl or cyclic N) is 1. The molecule has 3 N–H and O–H groups in total. The van der Waals surface area contributed by atoms with Crippen molar-refractivity contribution in [3.63, 3.8) is 0 Å². The number of carbonyl (C=O) groups excluding carboxylic acids is 2. The molecule has 8 heteroatoms. The van der Waals surface area contributed by atoms with E-state index >= 15 is 0 Å². The van der Waals surface area contributed by atoms with E-state index in [9.17, 15) is 19.8 Å². The van der Waals surface area contributed by atoms with Gasteiger partial charge in [-0.1, -0.05) is 6.07 Å². The first-order chi connectivity index (χ1) is 15.8. The fourth-order valence-electron chi connectivity index (χ4n) is 3.80. The van der Waals surface area contributed by atoms with Crippen molar-refractivity contribution in [2.45, 2.75) is 32.0 Å². The first-order valence-electron chi connectivity index (χ1n) is 10.5. The number of aliphatic hydroxyl groups is 1. The maximum absolute atomic E-state index is 12.9. The number of amides is 2. The summed E-state index contributed by atoms with van der Waals surface area (Å²) in [5.41, 5.74) is 2.38. The fraction of sp³-hybridized carbons (Fsp3) is 0.280. The first kappa shape index (κ1) is 25.3. The minimum absolute atomic E-state index is 0.0222. The Labute approximate surface area is 209 Å². The van der Waals surface area contributed by atoms with Crippen LogP contribution in [0.25, 0.3) is 4.91 Å². The summed E-state index contributed by atoms with van der Waals surface area (Å²) in [6, 6.07) is 13.3. The van der Waals surface area contributed by atoms with Crippen molar-refractivity contribution in [2.24, 2.45) is 0 Å². The molecule has 2 amide bonds. The maximum atomic E-state index is 12.9. The Hall–Kier alpha value is -2.30. The third-order valence-electron chi connectivity index (χ3n) is 5.38. The number of aromatic hydroxyl groups is 1. The minimum atomic E-state index is -0.764. The average Bonchev–Trinajstić information content (AvgIpc) is 3.20. The van der Waals surface area contributed by atoms with Crippen molar-refractivity contribution in [3.05, 3.63) is 79.5 Å². The van der Waals surface area contributed by atoms with Crippen LogP contribution in [-0.4, -0.2) is 51.9 Å². The fourth-order valence-corrected chi connectivity index (χ4v) is 6.66. The van der Waals surface area contributed by atoms with E-state index in [-0.39, 0.29) is 57.3 Å². The Kier molecular flexibility index (Phi) is 8.99. The Balaban J connectivity index is 1.66. The number of halogens is 1. The molecule has 6 nitrogen and oxygen atoms in total. The van der Waals surface area contributed by atoms with E-state index in [2.05, 4.69) is 37.2 Å². The summed E-state index contributed by atoms with van der Waals surface area (Å²) in [4.78, 5) is 28.4. The molecule has 1 aliphatic rings. The summed E-state index contributed by atoms with van der Waals surface area (Å²) >= 11 is 1.56. The molecule has 0 radical (unpaired) electrons. The number of nitrogens with one attached hydrogen (secondary N) is 1. The Morgan fingerprint density at radius 1 is 1.24 bits per heavy atom. The molecule has 3 rings (SSSR count). The number of hydrogen-bond donors (Lipinski definition) is 3. The van der Waals surface area contributed by atoms with Crippen LogP contribution in [0.3, 0.4) is 0 Å². The van der Waals surface area contributed by atoms with Crippen LogP contribution in [0, 0.1) is 0 Å². The predicted octanol–water partition coefficient (Wildman–Crippen LogP) is 0.568. The molecule has 1 heterocycles. The van der Waals surface area contributed by atoms with Crippen LogP contribution in [-0.2, 0) is 11.3 Å². The molecule has 0 unspecified atom stereocenters. The average molecular weight is 579 g/mol. The summed E-state index contributed by atoms with van der Waals surface area (Å²) in [5, 5.41) is 22.7. The van der Waals surface area contributed by atoms with Crippen LogP contribution in [0.15, 0.2) is 62.8 Å². The van der Waals surface area contributed by atoms with E-state index in [1.807, 2.05) is 16.2 Å². The van der Waals surface area contributed by atoms with Crippen LogP contribution in [0.4, 0.5) is 0 Å².